The van der Waals surface area contributed by atoms with Crippen LogP contribution in [0.25, 0.3) is 0 Å². The fourth-order valence-corrected chi connectivity index (χ4v) is 2.32. The van der Waals surface area contributed by atoms with Gasteiger partial charge in [0.05, 0.1) is 6.54 Å². The summed E-state index contributed by atoms with van der Waals surface area (Å²) in [5.41, 5.74) is 3.75. The highest BCUT2D eigenvalue weighted by molar-refractivity contribution is 5.78. The Morgan fingerprint density at radius 3 is 2.61 bits per heavy atom. The molecule has 0 N–H and O–H groups in total. The van der Waals surface area contributed by atoms with Gasteiger partial charge in [0.1, 0.15) is 31.3 Å². The van der Waals surface area contributed by atoms with Gasteiger partial charge in [-0.1, -0.05) is 36.4 Å². The third-order valence-electron chi connectivity index (χ3n) is 3.68. The predicted octanol–water partition coefficient (Wildman–Crippen LogP) is 3.03. The van der Waals surface area contributed by atoms with Crippen LogP contribution in [0.4, 0.5) is 0 Å². The normalized spacial score (nSPS) is 10.5. The van der Waals surface area contributed by atoms with E-state index < -0.39 is 0 Å². The minimum absolute atomic E-state index is 0.465. The summed E-state index contributed by atoms with van der Waals surface area (Å²) in [5.74, 6) is 0.737. The van der Waals surface area contributed by atoms with Crippen LogP contribution in [-0.4, -0.2) is 21.1 Å². The molecule has 3 aromatic rings. The Morgan fingerprint density at radius 1 is 1.13 bits per heavy atom. The minimum atomic E-state index is 0.465. The summed E-state index contributed by atoms with van der Waals surface area (Å²) < 4.78 is 7.60. The molecule has 0 radical (unpaired) electrons. The van der Waals surface area contributed by atoms with Crippen molar-refractivity contribution < 1.29 is 9.53 Å². The molecule has 0 saturated heterocycles. The molecule has 0 saturated carbocycles. The third kappa shape index (κ3) is 3.63. The Balaban J connectivity index is 1.64. The standard InChI is InChI=1S/C18H17N3O2/c1-14-17(10-22)3-2-4-18(14)23-11-16-7-5-15(6-8-16)9-21-13-19-12-20-21/h2-8,10,12-13H,9,11H2,1H3. The second-order valence-electron chi connectivity index (χ2n) is 5.29. The summed E-state index contributed by atoms with van der Waals surface area (Å²) in [7, 11) is 0. The molecule has 5 heteroatoms. The number of benzene rings is 2. The summed E-state index contributed by atoms with van der Waals surface area (Å²) in [5, 5.41) is 4.09. The summed E-state index contributed by atoms with van der Waals surface area (Å²) in [6, 6.07) is 13.7. The van der Waals surface area contributed by atoms with Crippen molar-refractivity contribution >= 4 is 6.29 Å². The lowest BCUT2D eigenvalue weighted by molar-refractivity contribution is 0.112. The van der Waals surface area contributed by atoms with Gasteiger partial charge < -0.3 is 4.74 Å². The van der Waals surface area contributed by atoms with E-state index in [1.807, 2.05) is 31.2 Å². The molecule has 0 atom stereocenters. The van der Waals surface area contributed by atoms with Crippen molar-refractivity contribution in [1.82, 2.24) is 14.8 Å². The number of hydrogen-bond acceptors (Lipinski definition) is 4. The van der Waals surface area contributed by atoms with Crippen LogP contribution in [0.1, 0.15) is 27.0 Å². The molecule has 0 unspecified atom stereocenters. The summed E-state index contributed by atoms with van der Waals surface area (Å²) in [6.07, 6.45) is 4.07. The molecule has 0 aliphatic heterocycles. The molecule has 0 aliphatic rings. The van der Waals surface area contributed by atoms with E-state index in [0.29, 0.717) is 18.7 Å². The van der Waals surface area contributed by atoms with Gasteiger partial charge in [0.2, 0.25) is 0 Å². The average molecular weight is 307 g/mol. The molecular weight excluding hydrogens is 290 g/mol. The van der Waals surface area contributed by atoms with Crippen LogP contribution < -0.4 is 4.74 Å². The monoisotopic (exact) mass is 307 g/mol. The molecule has 2 aromatic carbocycles. The van der Waals surface area contributed by atoms with E-state index in [-0.39, 0.29) is 0 Å². The molecule has 0 spiro atoms. The maximum absolute atomic E-state index is 11.0. The first-order valence-electron chi connectivity index (χ1n) is 7.34. The number of rotatable bonds is 6. The summed E-state index contributed by atoms with van der Waals surface area (Å²) >= 11 is 0. The van der Waals surface area contributed by atoms with Gasteiger partial charge in [0.25, 0.3) is 0 Å². The quantitative estimate of drug-likeness (QED) is 0.657. The van der Waals surface area contributed by atoms with Gasteiger partial charge in [0, 0.05) is 11.1 Å². The Hall–Kier alpha value is -2.95. The molecule has 0 bridgehead atoms. The van der Waals surface area contributed by atoms with Gasteiger partial charge in [-0.3, -0.25) is 4.79 Å². The minimum Gasteiger partial charge on any atom is -0.489 e. The van der Waals surface area contributed by atoms with Crippen LogP contribution >= 0.6 is 0 Å². The smallest absolute Gasteiger partial charge is 0.150 e. The first kappa shape index (κ1) is 15.0. The summed E-state index contributed by atoms with van der Waals surface area (Å²) in [4.78, 5) is 14.9. The molecular formula is C18H17N3O2. The Labute approximate surface area is 134 Å². The van der Waals surface area contributed by atoms with Crippen molar-refractivity contribution in [3.8, 4) is 5.75 Å². The highest BCUT2D eigenvalue weighted by Crippen LogP contribution is 2.21. The molecule has 1 heterocycles. The topological polar surface area (TPSA) is 57.0 Å². The van der Waals surface area contributed by atoms with Crippen LogP contribution in [0, 0.1) is 6.92 Å². The summed E-state index contributed by atoms with van der Waals surface area (Å²) in [6.45, 7) is 3.05. The highest BCUT2D eigenvalue weighted by atomic mass is 16.5. The molecule has 1 aromatic heterocycles. The van der Waals surface area contributed by atoms with E-state index >= 15 is 0 Å². The maximum atomic E-state index is 11.0. The van der Waals surface area contributed by atoms with Crippen molar-refractivity contribution in [2.75, 3.05) is 0 Å². The van der Waals surface area contributed by atoms with Crippen LogP contribution in [0.2, 0.25) is 0 Å². The number of carbonyl (C=O) groups is 1. The number of aldehydes is 1. The highest BCUT2D eigenvalue weighted by Gasteiger charge is 2.04. The molecule has 5 nitrogen and oxygen atoms in total. The van der Waals surface area contributed by atoms with E-state index in [4.69, 9.17) is 4.74 Å². The molecule has 0 aliphatic carbocycles. The predicted molar refractivity (Wildman–Crippen MR) is 86.5 cm³/mol. The third-order valence-corrected chi connectivity index (χ3v) is 3.68. The zero-order chi connectivity index (χ0) is 16.1. The van der Waals surface area contributed by atoms with E-state index in [9.17, 15) is 4.79 Å². The van der Waals surface area contributed by atoms with Crippen LogP contribution in [0.3, 0.4) is 0 Å². The average Bonchev–Trinajstić information content (AvgIpc) is 3.08. The Bertz CT molecular complexity index is 781. The number of hydrogen-bond donors (Lipinski definition) is 0. The van der Waals surface area contributed by atoms with Gasteiger partial charge in [-0.25, -0.2) is 9.67 Å². The lowest BCUT2D eigenvalue weighted by Crippen LogP contribution is -2.01. The van der Waals surface area contributed by atoms with Crippen molar-refractivity contribution in [1.29, 1.82) is 0 Å². The van der Waals surface area contributed by atoms with E-state index in [1.54, 1.807) is 17.1 Å². The first-order chi connectivity index (χ1) is 11.3. The van der Waals surface area contributed by atoms with E-state index in [0.717, 1.165) is 28.7 Å². The molecule has 116 valence electrons. The SMILES string of the molecule is Cc1c(C=O)cccc1OCc1ccc(Cn2cncn2)cc1. The van der Waals surface area contributed by atoms with Gasteiger partial charge in [-0.2, -0.15) is 5.10 Å². The Morgan fingerprint density at radius 2 is 1.91 bits per heavy atom. The molecule has 3 rings (SSSR count). The van der Waals surface area contributed by atoms with Gasteiger partial charge in [-0.05, 0) is 24.1 Å². The molecule has 23 heavy (non-hydrogen) atoms. The van der Waals surface area contributed by atoms with Crippen LogP contribution in [-0.2, 0) is 13.2 Å². The van der Waals surface area contributed by atoms with Crippen LogP contribution in [0.15, 0.2) is 55.1 Å². The Kier molecular flexibility index (Phi) is 4.47. The van der Waals surface area contributed by atoms with Crippen molar-refractivity contribution in [2.24, 2.45) is 0 Å². The maximum Gasteiger partial charge on any atom is 0.150 e. The number of ether oxygens (including phenoxy) is 1. The second kappa shape index (κ2) is 6.87. The molecule has 0 fully saturated rings. The van der Waals surface area contributed by atoms with Crippen molar-refractivity contribution in [2.45, 2.75) is 20.1 Å². The van der Waals surface area contributed by atoms with Gasteiger partial charge in [-0.15, -0.1) is 0 Å². The fraction of sp³-hybridized carbons (Fsp3) is 0.167. The zero-order valence-corrected chi connectivity index (χ0v) is 12.8. The van der Waals surface area contributed by atoms with E-state index in [1.165, 1.54) is 6.33 Å². The number of nitrogens with zero attached hydrogens (tertiary/aromatic N) is 3. The first-order valence-corrected chi connectivity index (χ1v) is 7.34. The molecule has 0 amide bonds. The van der Waals surface area contributed by atoms with Gasteiger partial charge in [0.15, 0.2) is 0 Å². The second-order valence-corrected chi connectivity index (χ2v) is 5.29. The fourth-order valence-electron chi connectivity index (χ4n) is 2.32. The van der Waals surface area contributed by atoms with E-state index in [2.05, 4.69) is 22.2 Å². The lowest BCUT2D eigenvalue weighted by atomic mass is 10.1. The zero-order valence-electron chi connectivity index (χ0n) is 12.8. The number of aromatic nitrogens is 3. The van der Waals surface area contributed by atoms with Crippen molar-refractivity contribution in [3.63, 3.8) is 0 Å². The van der Waals surface area contributed by atoms with Gasteiger partial charge >= 0.3 is 0 Å². The number of carbonyl (C=O) groups excluding carboxylic acids is 1. The lowest BCUT2D eigenvalue weighted by Gasteiger charge is -2.11. The van der Waals surface area contributed by atoms with Crippen molar-refractivity contribution in [3.05, 3.63) is 77.4 Å². The largest absolute Gasteiger partial charge is 0.489 e. The van der Waals surface area contributed by atoms with Crippen LogP contribution in [0.5, 0.6) is 5.75 Å².